The number of fused-ring (bicyclic) bond motifs is 1. The molecule has 1 aromatic rings. The predicted octanol–water partition coefficient (Wildman–Crippen LogP) is 0.962. The molecule has 1 aromatic carbocycles. The topological polar surface area (TPSA) is 79.5 Å². The summed E-state index contributed by atoms with van der Waals surface area (Å²) in [6.07, 6.45) is 0.877. The zero-order chi connectivity index (χ0) is 14.4. The van der Waals surface area contributed by atoms with Gasteiger partial charge in [-0.3, -0.25) is 9.59 Å². The van der Waals surface area contributed by atoms with Gasteiger partial charge in [0.1, 0.15) is 6.04 Å². The number of methoxy groups -OCH3 is 1. The summed E-state index contributed by atoms with van der Waals surface area (Å²) in [7, 11) is 1.62. The quantitative estimate of drug-likeness (QED) is 0.677. The van der Waals surface area contributed by atoms with Crippen LogP contribution in [0, 0.1) is 0 Å². The van der Waals surface area contributed by atoms with E-state index in [1.54, 1.807) is 7.11 Å². The maximum Gasteiger partial charge on any atom is 0.247 e. The van der Waals surface area contributed by atoms with Crippen molar-refractivity contribution in [1.29, 1.82) is 0 Å². The summed E-state index contributed by atoms with van der Waals surface area (Å²) in [5.41, 5.74) is 1.58. The van der Waals surface area contributed by atoms with Gasteiger partial charge in [-0.25, -0.2) is 0 Å². The number of benzene rings is 1. The summed E-state index contributed by atoms with van der Waals surface area (Å²) >= 11 is 0. The average Bonchev–Trinajstić information content (AvgIpc) is 2.44. The van der Waals surface area contributed by atoms with Crippen LogP contribution in [0.4, 0.5) is 11.4 Å². The molecule has 0 saturated heterocycles. The highest BCUT2D eigenvalue weighted by Gasteiger charge is 2.26. The Balaban J connectivity index is 1.84. The van der Waals surface area contributed by atoms with Crippen LogP contribution in [-0.2, 0) is 14.3 Å². The van der Waals surface area contributed by atoms with Gasteiger partial charge in [-0.1, -0.05) is 12.1 Å². The van der Waals surface area contributed by atoms with Crippen molar-refractivity contribution in [1.82, 2.24) is 5.32 Å². The molecule has 0 fully saturated rings. The van der Waals surface area contributed by atoms with Gasteiger partial charge in [0, 0.05) is 20.3 Å². The van der Waals surface area contributed by atoms with Crippen LogP contribution in [0.3, 0.4) is 0 Å². The minimum absolute atomic E-state index is 0.118. The lowest BCUT2D eigenvalue weighted by Crippen LogP contribution is -2.42. The number of amides is 2. The second kappa shape index (κ2) is 6.91. The fourth-order valence-corrected chi connectivity index (χ4v) is 2.04. The standard InChI is InChI=1S/C14H19N3O3/c1-20-8-4-7-15-13(18)9-12-14(19)17-11-6-3-2-5-10(11)16-12/h2-3,5-6,12,16H,4,7-9H2,1H3,(H,15,18)(H,17,19)/t12-/m0/s1. The van der Waals surface area contributed by atoms with Crippen LogP contribution in [-0.4, -0.2) is 38.1 Å². The van der Waals surface area contributed by atoms with Crippen molar-refractivity contribution < 1.29 is 14.3 Å². The number of carbonyl (C=O) groups excluding carboxylic acids is 2. The third-order valence-electron chi connectivity index (χ3n) is 3.07. The van der Waals surface area contributed by atoms with Gasteiger partial charge in [0.15, 0.2) is 0 Å². The maximum absolute atomic E-state index is 11.9. The van der Waals surface area contributed by atoms with Gasteiger partial charge in [0.2, 0.25) is 11.8 Å². The molecular formula is C14H19N3O3. The Labute approximate surface area is 117 Å². The van der Waals surface area contributed by atoms with Gasteiger partial charge < -0.3 is 20.7 Å². The lowest BCUT2D eigenvalue weighted by Gasteiger charge is -2.26. The van der Waals surface area contributed by atoms with Gasteiger partial charge >= 0.3 is 0 Å². The first-order valence-electron chi connectivity index (χ1n) is 6.63. The normalized spacial score (nSPS) is 16.9. The first kappa shape index (κ1) is 14.3. The van der Waals surface area contributed by atoms with Crippen LogP contribution < -0.4 is 16.0 Å². The molecule has 1 heterocycles. The largest absolute Gasteiger partial charge is 0.385 e. The van der Waals surface area contributed by atoms with E-state index in [0.717, 1.165) is 17.8 Å². The molecule has 0 bridgehead atoms. The third-order valence-corrected chi connectivity index (χ3v) is 3.07. The van der Waals surface area contributed by atoms with E-state index in [4.69, 9.17) is 4.74 Å². The van der Waals surface area contributed by atoms with Crippen LogP contribution in [0.2, 0.25) is 0 Å². The minimum atomic E-state index is -0.535. The highest BCUT2D eigenvalue weighted by atomic mass is 16.5. The van der Waals surface area contributed by atoms with Crippen LogP contribution in [0.5, 0.6) is 0 Å². The second-order valence-corrected chi connectivity index (χ2v) is 4.63. The van der Waals surface area contributed by atoms with Crippen molar-refractivity contribution in [2.24, 2.45) is 0 Å². The van der Waals surface area contributed by atoms with E-state index in [1.165, 1.54) is 0 Å². The summed E-state index contributed by atoms with van der Waals surface area (Å²) in [5, 5.41) is 8.64. The van der Waals surface area contributed by atoms with Gasteiger partial charge in [-0.05, 0) is 18.6 Å². The SMILES string of the molecule is COCCCNC(=O)C[C@@H]1Nc2ccccc2NC1=O. The Morgan fingerprint density at radius 1 is 1.35 bits per heavy atom. The van der Waals surface area contributed by atoms with Crippen LogP contribution in [0.15, 0.2) is 24.3 Å². The summed E-state index contributed by atoms with van der Waals surface area (Å²) in [5.74, 6) is -0.330. The molecule has 0 aliphatic carbocycles. The molecule has 0 spiro atoms. The second-order valence-electron chi connectivity index (χ2n) is 4.63. The average molecular weight is 277 g/mol. The first-order chi connectivity index (χ1) is 9.70. The molecule has 6 nitrogen and oxygen atoms in total. The molecular weight excluding hydrogens is 258 g/mol. The molecule has 108 valence electrons. The molecule has 0 unspecified atom stereocenters. The summed E-state index contributed by atoms with van der Waals surface area (Å²) in [6.45, 7) is 1.16. The Kier molecular flexibility index (Phi) is 4.95. The van der Waals surface area contributed by atoms with E-state index in [9.17, 15) is 9.59 Å². The molecule has 1 atom stereocenters. The molecule has 0 aromatic heterocycles. The van der Waals surface area contributed by atoms with Crippen LogP contribution in [0.25, 0.3) is 0 Å². The molecule has 6 heteroatoms. The molecule has 2 rings (SSSR count). The number of anilines is 2. The maximum atomic E-state index is 11.9. The molecule has 1 aliphatic rings. The number of nitrogens with one attached hydrogen (secondary N) is 3. The third kappa shape index (κ3) is 3.71. The van der Waals surface area contributed by atoms with Gasteiger partial charge in [0.25, 0.3) is 0 Å². The fraction of sp³-hybridized carbons (Fsp3) is 0.429. The Morgan fingerprint density at radius 2 is 2.10 bits per heavy atom. The van der Waals surface area contributed by atoms with Gasteiger partial charge in [-0.2, -0.15) is 0 Å². The monoisotopic (exact) mass is 277 g/mol. The summed E-state index contributed by atoms with van der Waals surface area (Å²) < 4.78 is 4.90. The van der Waals surface area contributed by atoms with Crippen LogP contribution >= 0.6 is 0 Å². The highest BCUT2D eigenvalue weighted by Crippen LogP contribution is 2.26. The van der Waals surface area contributed by atoms with E-state index in [1.807, 2.05) is 24.3 Å². The van der Waals surface area contributed by atoms with Crippen molar-refractivity contribution in [2.45, 2.75) is 18.9 Å². The first-order valence-corrected chi connectivity index (χ1v) is 6.63. The smallest absolute Gasteiger partial charge is 0.247 e. The van der Waals surface area contributed by atoms with Gasteiger partial charge in [0.05, 0.1) is 17.8 Å². The molecule has 1 aliphatic heterocycles. The molecule has 0 saturated carbocycles. The van der Waals surface area contributed by atoms with Crippen molar-refractivity contribution in [3.8, 4) is 0 Å². The number of hydrogen-bond donors (Lipinski definition) is 3. The highest BCUT2D eigenvalue weighted by molar-refractivity contribution is 6.04. The van der Waals surface area contributed by atoms with Crippen LogP contribution in [0.1, 0.15) is 12.8 Å². The van der Waals surface area contributed by atoms with E-state index < -0.39 is 6.04 Å². The summed E-state index contributed by atoms with van der Waals surface area (Å²) in [6, 6.07) is 6.89. The Hall–Kier alpha value is -2.08. The van der Waals surface area contributed by atoms with Crippen molar-refractivity contribution in [2.75, 3.05) is 30.9 Å². The number of ether oxygens (including phenoxy) is 1. The van der Waals surface area contributed by atoms with Crippen molar-refractivity contribution in [3.05, 3.63) is 24.3 Å². The zero-order valence-electron chi connectivity index (χ0n) is 11.4. The number of carbonyl (C=O) groups is 2. The van der Waals surface area contributed by atoms with E-state index in [-0.39, 0.29) is 18.2 Å². The van der Waals surface area contributed by atoms with E-state index in [2.05, 4.69) is 16.0 Å². The van der Waals surface area contributed by atoms with E-state index >= 15 is 0 Å². The lowest BCUT2D eigenvalue weighted by molar-refractivity contribution is -0.125. The van der Waals surface area contributed by atoms with E-state index in [0.29, 0.717) is 13.2 Å². The molecule has 2 amide bonds. The summed E-state index contributed by atoms with van der Waals surface area (Å²) in [4.78, 5) is 23.7. The minimum Gasteiger partial charge on any atom is -0.385 e. The number of rotatable bonds is 6. The van der Waals surface area contributed by atoms with Crippen molar-refractivity contribution >= 4 is 23.2 Å². The molecule has 3 N–H and O–H groups in total. The zero-order valence-corrected chi connectivity index (χ0v) is 11.4. The Bertz CT molecular complexity index is 490. The fourth-order valence-electron chi connectivity index (χ4n) is 2.04. The molecule has 0 radical (unpaired) electrons. The number of para-hydroxylation sites is 2. The number of hydrogen-bond acceptors (Lipinski definition) is 4. The van der Waals surface area contributed by atoms with Crippen molar-refractivity contribution in [3.63, 3.8) is 0 Å². The Morgan fingerprint density at radius 3 is 2.85 bits per heavy atom. The molecule has 20 heavy (non-hydrogen) atoms. The predicted molar refractivity (Wildman–Crippen MR) is 76.6 cm³/mol. The lowest BCUT2D eigenvalue weighted by atomic mass is 10.1. The van der Waals surface area contributed by atoms with Gasteiger partial charge in [-0.15, -0.1) is 0 Å².